The number of furan rings is 1. The van der Waals surface area contributed by atoms with Crippen molar-refractivity contribution in [3.8, 4) is 0 Å². The molecule has 8 rings (SSSR count). The molecule has 4 aliphatic carbocycles. The van der Waals surface area contributed by atoms with Gasteiger partial charge in [-0.1, -0.05) is 34.6 Å². The number of aliphatic carboxylic acids is 1. The molecule has 12 unspecified atom stereocenters. The zero-order chi connectivity index (χ0) is 30.1. The smallest absolute Gasteiger partial charge is 0.317 e. The minimum atomic E-state index is -1.68. The lowest BCUT2D eigenvalue weighted by molar-refractivity contribution is -0.472. The molecule has 0 aromatic carbocycles. The molecule has 7 aliphatic rings. The third-order valence-electron chi connectivity index (χ3n) is 13.3. The third kappa shape index (κ3) is 2.50. The Morgan fingerprint density at radius 3 is 2.40 bits per heavy atom. The Kier molecular flexibility index (Phi) is 4.76. The summed E-state index contributed by atoms with van der Waals surface area (Å²) in [5.74, 6) is -6.18. The van der Waals surface area contributed by atoms with Crippen LogP contribution in [0.25, 0.3) is 0 Å². The van der Waals surface area contributed by atoms with Crippen LogP contribution in [0.1, 0.15) is 79.2 Å². The Balaban J connectivity index is 1.44. The summed E-state index contributed by atoms with van der Waals surface area (Å²) in [6.45, 7) is 11.4. The standard InChI is InChI=1S/C32H40O10/c1-16(2)21(35)20-22-25(3,12-17-7-10-38-13-17)8-9-30-27(5)18(11-19(33)34)26(4)14-29(37)24(39-23(20)36)32(22,30)42-28(6,40-30)41-31(27,29)15-26/h7,10,13,16,18,20,22,24,37H,8-9,11-12,14-15H2,1-6H3,(H,33,34). The van der Waals surface area contributed by atoms with Crippen molar-refractivity contribution in [2.45, 2.75) is 115 Å². The second-order valence-electron chi connectivity index (χ2n) is 15.7. The quantitative estimate of drug-likeness (QED) is 0.376. The highest BCUT2D eigenvalue weighted by Gasteiger charge is 3.02. The summed E-state index contributed by atoms with van der Waals surface area (Å²) in [5.41, 5.74) is -6.97. The second-order valence-corrected chi connectivity index (χ2v) is 15.7. The van der Waals surface area contributed by atoms with Crippen LogP contribution < -0.4 is 0 Å². The molecule has 10 heteroatoms. The number of hydrogen-bond acceptors (Lipinski definition) is 9. The van der Waals surface area contributed by atoms with Crippen LogP contribution in [0.5, 0.6) is 0 Å². The zero-order valence-corrected chi connectivity index (χ0v) is 25.0. The van der Waals surface area contributed by atoms with Gasteiger partial charge in [0, 0.05) is 30.6 Å². The molecule has 42 heavy (non-hydrogen) atoms. The van der Waals surface area contributed by atoms with Crippen molar-refractivity contribution in [1.29, 1.82) is 0 Å². The van der Waals surface area contributed by atoms with E-state index in [4.69, 9.17) is 23.4 Å². The number of ether oxygens (including phenoxy) is 4. The van der Waals surface area contributed by atoms with Gasteiger partial charge in [0.05, 0.1) is 12.5 Å². The van der Waals surface area contributed by atoms with E-state index < -0.39 is 86.3 Å². The van der Waals surface area contributed by atoms with E-state index in [1.165, 1.54) is 0 Å². The first-order valence-electron chi connectivity index (χ1n) is 15.3. The number of Topliss-reactive ketones (excluding diaryl/α,β-unsaturated/α-hetero) is 1. The molecule has 3 saturated heterocycles. The molecule has 4 bridgehead atoms. The van der Waals surface area contributed by atoms with Crippen LogP contribution in [0.3, 0.4) is 0 Å². The summed E-state index contributed by atoms with van der Waals surface area (Å²) < 4.78 is 32.7. The van der Waals surface area contributed by atoms with Crippen LogP contribution >= 0.6 is 0 Å². The fraction of sp³-hybridized carbons (Fsp3) is 0.781. The van der Waals surface area contributed by atoms with Gasteiger partial charge in [0.2, 0.25) is 0 Å². The first kappa shape index (κ1) is 27.3. The van der Waals surface area contributed by atoms with Crippen LogP contribution in [0.15, 0.2) is 23.0 Å². The Morgan fingerprint density at radius 1 is 1.05 bits per heavy atom. The van der Waals surface area contributed by atoms with E-state index in [0.29, 0.717) is 25.7 Å². The first-order valence-corrected chi connectivity index (χ1v) is 15.3. The number of aliphatic hydroxyl groups is 1. The number of carbonyl (C=O) groups excluding carboxylic acids is 2. The van der Waals surface area contributed by atoms with Crippen molar-refractivity contribution < 1.29 is 48.0 Å². The maximum atomic E-state index is 14.2. The SMILES string of the molecule is CC(C)C(=O)C1C(=O)OC2C3(O)CC4(C)CC35OC3(C)OC26C1C(C)(Cc1ccoc1)CCC6(O3)C5(C)C4CC(=O)O. The molecule has 2 N–H and O–H groups in total. The molecule has 3 spiro atoms. The number of fused-ring (bicyclic) bond motifs is 3. The summed E-state index contributed by atoms with van der Waals surface area (Å²) in [4.78, 5) is 40.7. The molecule has 10 nitrogen and oxygen atoms in total. The summed E-state index contributed by atoms with van der Waals surface area (Å²) in [6.07, 6.45) is 4.13. The summed E-state index contributed by atoms with van der Waals surface area (Å²) in [6, 6.07) is 1.89. The molecule has 1 aromatic heterocycles. The molecule has 228 valence electrons. The van der Waals surface area contributed by atoms with E-state index in [9.17, 15) is 24.6 Å². The number of ketones is 1. The largest absolute Gasteiger partial charge is 0.481 e. The van der Waals surface area contributed by atoms with Gasteiger partial charge in [-0.2, -0.15) is 0 Å². The maximum Gasteiger partial charge on any atom is 0.317 e. The number of rotatable bonds is 6. The predicted octanol–water partition coefficient (Wildman–Crippen LogP) is 3.63. The van der Waals surface area contributed by atoms with E-state index >= 15 is 0 Å². The Hall–Kier alpha value is -2.27. The second kappa shape index (κ2) is 7.33. The fourth-order valence-corrected chi connectivity index (χ4v) is 12.4. The average molecular weight is 585 g/mol. The van der Waals surface area contributed by atoms with Gasteiger partial charge in [-0.3, -0.25) is 14.4 Å². The number of esters is 1. The van der Waals surface area contributed by atoms with Gasteiger partial charge < -0.3 is 33.6 Å². The molecule has 4 heterocycles. The fourth-order valence-electron chi connectivity index (χ4n) is 12.4. The van der Waals surface area contributed by atoms with Crippen molar-refractivity contribution in [1.82, 2.24) is 0 Å². The van der Waals surface area contributed by atoms with E-state index in [1.807, 2.05) is 19.9 Å². The third-order valence-corrected chi connectivity index (χ3v) is 13.3. The van der Waals surface area contributed by atoms with Gasteiger partial charge in [-0.15, -0.1) is 0 Å². The van der Waals surface area contributed by atoms with Gasteiger partial charge in [0.25, 0.3) is 5.97 Å². The van der Waals surface area contributed by atoms with Crippen molar-refractivity contribution in [2.24, 2.45) is 39.9 Å². The molecule has 1 aromatic rings. The van der Waals surface area contributed by atoms with E-state index in [-0.39, 0.29) is 18.6 Å². The van der Waals surface area contributed by atoms with Gasteiger partial charge in [-0.25, -0.2) is 0 Å². The highest BCUT2D eigenvalue weighted by molar-refractivity contribution is 6.01. The Bertz CT molecular complexity index is 1440. The van der Waals surface area contributed by atoms with Crippen LogP contribution in [0.2, 0.25) is 0 Å². The Morgan fingerprint density at radius 2 is 1.76 bits per heavy atom. The zero-order valence-electron chi connectivity index (χ0n) is 25.0. The predicted molar refractivity (Wildman–Crippen MR) is 142 cm³/mol. The molecular formula is C32H40O10. The number of hydrogen-bond donors (Lipinski definition) is 2. The highest BCUT2D eigenvalue weighted by Crippen LogP contribution is 2.89. The molecular weight excluding hydrogens is 544 g/mol. The molecule has 4 saturated carbocycles. The van der Waals surface area contributed by atoms with Crippen LogP contribution in [0, 0.1) is 39.9 Å². The lowest BCUT2D eigenvalue weighted by atomic mass is 9.33. The number of carboxylic acids is 1. The normalized spacial score (nSPS) is 56.0. The summed E-state index contributed by atoms with van der Waals surface area (Å²) in [5, 5.41) is 23.2. The summed E-state index contributed by atoms with van der Waals surface area (Å²) >= 11 is 0. The summed E-state index contributed by atoms with van der Waals surface area (Å²) in [7, 11) is 0. The van der Waals surface area contributed by atoms with E-state index in [2.05, 4.69) is 6.92 Å². The van der Waals surface area contributed by atoms with Crippen molar-refractivity contribution in [3.05, 3.63) is 24.2 Å². The number of carbonyl (C=O) groups is 3. The Labute approximate surface area is 244 Å². The van der Waals surface area contributed by atoms with Crippen LogP contribution in [0.4, 0.5) is 0 Å². The molecule has 0 radical (unpaired) electrons. The van der Waals surface area contributed by atoms with E-state index in [0.717, 1.165) is 5.56 Å². The van der Waals surface area contributed by atoms with Gasteiger partial charge in [0.1, 0.15) is 34.1 Å². The van der Waals surface area contributed by atoms with Crippen molar-refractivity contribution >= 4 is 17.7 Å². The first-order chi connectivity index (χ1) is 19.5. The highest BCUT2D eigenvalue weighted by atomic mass is 16.9. The van der Waals surface area contributed by atoms with Gasteiger partial charge in [0.15, 0.2) is 6.10 Å². The van der Waals surface area contributed by atoms with E-state index in [1.54, 1.807) is 33.3 Å². The average Bonchev–Trinajstić information content (AvgIpc) is 3.56. The molecule has 0 amide bonds. The maximum absolute atomic E-state index is 14.2. The van der Waals surface area contributed by atoms with Gasteiger partial charge >= 0.3 is 11.9 Å². The molecule has 7 fully saturated rings. The monoisotopic (exact) mass is 584 g/mol. The van der Waals surface area contributed by atoms with Crippen LogP contribution in [-0.4, -0.2) is 62.4 Å². The lowest BCUT2D eigenvalue weighted by Crippen LogP contribution is -2.93. The van der Waals surface area contributed by atoms with Crippen LogP contribution in [-0.2, 0) is 39.8 Å². The van der Waals surface area contributed by atoms with Gasteiger partial charge in [-0.05, 0) is 60.5 Å². The van der Waals surface area contributed by atoms with Crippen molar-refractivity contribution in [3.63, 3.8) is 0 Å². The molecule has 12 atom stereocenters. The van der Waals surface area contributed by atoms with Crippen molar-refractivity contribution in [2.75, 3.05) is 0 Å². The molecule has 3 aliphatic heterocycles. The topological polar surface area (TPSA) is 142 Å². The minimum absolute atomic E-state index is 0.123. The lowest BCUT2D eigenvalue weighted by Gasteiger charge is -2.77. The minimum Gasteiger partial charge on any atom is -0.481 e. The number of carboxylic acid groups (broad SMARTS) is 1.